The van der Waals surface area contributed by atoms with E-state index >= 15 is 0 Å². The summed E-state index contributed by atoms with van der Waals surface area (Å²) < 4.78 is 32.2. The van der Waals surface area contributed by atoms with Crippen molar-refractivity contribution in [3.8, 4) is 47.0 Å². The van der Waals surface area contributed by atoms with E-state index in [1.54, 1.807) is 39.0 Å². The van der Waals surface area contributed by atoms with Crippen LogP contribution in [-0.4, -0.2) is 119 Å². The molecule has 5 aliphatic heterocycles. The number of rotatable bonds is 3. The number of nitrogens with one attached hydrogen (secondary N) is 1. The second-order valence-corrected chi connectivity index (χ2v) is 20.5. The quantitative estimate of drug-likeness (QED) is 0.0296. The number of guanidine groups is 1. The molecule has 4 aromatic carbocycles. The highest BCUT2D eigenvalue weighted by Gasteiger charge is 2.55. The maximum absolute atomic E-state index is 12.1. The molecule has 408 valence electrons. The third-order valence-electron chi connectivity index (χ3n) is 13.3. The van der Waals surface area contributed by atoms with Crippen molar-refractivity contribution in [1.29, 1.82) is 15.8 Å². The number of ether oxygens (including phenoxy) is 2. The van der Waals surface area contributed by atoms with Crippen molar-refractivity contribution in [1.82, 2.24) is 10.2 Å². The van der Waals surface area contributed by atoms with Gasteiger partial charge in [-0.3, -0.25) is 15.1 Å². The van der Waals surface area contributed by atoms with E-state index in [0.717, 1.165) is 23.3 Å². The molecule has 4 unspecified atom stereocenters. The zero-order valence-electron chi connectivity index (χ0n) is 41.7. The fourth-order valence-corrected chi connectivity index (χ4v) is 10.3. The van der Waals surface area contributed by atoms with Gasteiger partial charge in [-0.25, -0.2) is 19.4 Å². The summed E-state index contributed by atoms with van der Waals surface area (Å²) in [6.07, 6.45) is 0.862. The lowest BCUT2D eigenvalue weighted by molar-refractivity contribution is -0.124. The number of aliphatic hydroxyl groups is 1. The SMILES string of the molecule is C=P1(O)OC[C@H]2O[C@@H](N3C=NC4C(=O)NC(N)=NC43)[C@H](O)[C@@H]2O1.CC1=C(C#N)C(=C(C#N)C#N)OC1(C)c1ccc(C)c(Cl)c1.Cc1cc(O)cc(C(=O)O)c1O.Cc1cc2c(=O)oc3c(O)c(O)cc4c(=O)oc(c1O)c2c34. The van der Waals surface area contributed by atoms with E-state index in [2.05, 4.69) is 21.6 Å². The van der Waals surface area contributed by atoms with Crippen LogP contribution >= 0.6 is 19.2 Å². The number of hydrogen-bond acceptors (Lipinski definition) is 24. The van der Waals surface area contributed by atoms with Crippen molar-refractivity contribution in [2.45, 2.75) is 77.0 Å². The fraction of sp³-hybridized carbons (Fsp3) is 0.255. The number of phenolic OH excluding ortho intramolecular Hbond substituents is 4. The van der Waals surface area contributed by atoms with Crippen LogP contribution < -0.4 is 22.3 Å². The molecule has 0 spiro atoms. The summed E-state index contributed by atoms with van der Waals surface area (Å²) in [5.41, 5.74) is 5.30. The number of phenols is 5. The number of hydrogen-bond donors (Lipinski definition) is 10. The molecule has 79 heavy (non-hydrogen) atoms. The predicted octanol–water partition coefficient (Wildman–Crippen LogP) is 4.21. The van der Waals surface area contributed by atoms with Gasteiger partial charge in [0.2, 0.25) is 13.3 Å². The molecule has 8 atom stereocenters. The number of fused-ring (bicyclic) bond motifs is 2. The number of allylic oxidation sites excluding steroid dienone is 2. The maximum atomic E-state index is 12.1. The average molecular weight is 1120 g/mol. The van der Waals surface area contributed by atoms with Gasteiger partial charge in [-0.2, -0.15) is 15.8 Å². The van der Waals surface area contributed by atoms with E-state index in [9.17, 15) is 54.9 Å². The first kappa shape index (κ1) is 56.1. The number of aryl methyl sites for hydroxylation is 3. The molecule has 2 saturated heterocycles. The molecule has 2 aromatic heterocycles. The number of halogens is 1. The summed E-state index contributed by atoms with van der Waals surface area (Å²) in [6.45, 7) is 8.55. The van der Waals surface area contributed by atoms with Gasteiger partial charge in [-0.1, -0.05) is 23.7 Å². The number of nitrogens with zero attached hydrogens (tertiary/aromatic N) is 6. The molecule has 1 amide bonds. The van der Waals surface area contributed by atoms with Crippen LogP contribution in [-0.2, 0) is 28.9 Å². The monoisotopic (exact) mass is 1120 g/mol. The Morgan fingerprint density at radius 1 is 0.911 bits per heavy atom. The third kappa shape index (κ3) is 10.1. The number of aromatic hydroxyl groups is 5. The van der Waals surface area contributed by atoms with Crippen molar-refractivity contribution < 1.29 is 77.6 Å². The van der Waals surface area contributed by atoms with E-state index in [4.69, 9.17) is 65.4 Å². The van der Waals surface area contributed by atoms with Crippen LogP contribution in [0.15, 0.2) is 93.4 Å². The van der Waals surface area contributed by atoms with Gasteiger partial charge in [-0.05, 0) is 93.5 Å². The summed E-state index contributed by atoms with van der Waals surface area (Å²) in [7, 11) is -3.20. The number of aliphatic hydroxyl groups excluding tert-OH is 1. The number of carbonyl (C=O) groups excluding carboxylic acids is 1. The Morgan fingerprint density at radius 3 is 2.14 bits per heavy atom. The highest BCUT2D eigenvalue weighted by molar-refractivity contribution is 7.58. The Bertz CT molecular complexity index is 3910. The van der Waals surface area contributed by atoms with Crippen LogP contribution in [0.2, 0.25) is 5.02 Å². The van der Waals surface area contributed by atoms with Gasteiger partial charge in [0.05, 0.1) is 29.3 Å². The minimum atomic E-state index is -3.20. The number of benzene rings is 4. The minimum absolute atomic E-state index is 0.0192. The summed E-state index contributed by atoms with van der Waals surface area (Å²) >= 11 is 6.17. The van der Waals surface area contributed by atoms with Crippen LogP contribution in [0.1, 0.15) is 46.5 Å². The zero-order valence-corrected chi connectivity index (χ0v) is 43.4. The molecule has 26 nitrogen and oxygen atoms in total. The molecule has 2 fully saturated rings. The van der Waals surface area contributed by atoms with Crippen molar-refractivity contribution in [2.24, 2.45) is 15.7 Å². The largest absolute Gasteiger partial charge is 0.508 e. The smallest absolute Gasteiger partial charge is 0.344 e. The number of aromatic carboxylic acids is 1. The Morgan fingerprint density at radius 2 is 1.53 bits per heavy atom. The lowest BCUT2D eigenvalue weighted by atomic mass is 9.87. The Hall–Kier alpha value is -9.16. The second kappa shape index (κ2) is 21.0. The maximum Gasteiger partial charge on any atom is 0.344 e. The van der Waals surface area contributed by atoms with Crippen molar-refractivity contribution in [3.05, 3.63) is 119 Å². The third-order valence-corrected chi connectivity index (χ3v) is 14.8. The molecule has 28 heteroatoms. The number of amides is 1. The second-order valence-electron chi connectivity index (χ2n) is 18.3. The molecule has 11 rings (SSSR count). The first-order chi connectivity index (χ1) is 37.2. The van der Waals surface area contributed by atoms with Crippen LogP contribution in [0.5, 0.6) is 28.7 Å². The number of carbonyl (C=O) groups is 2. The van der Waals surface area contributed by atoms with E-state index < -0.39 is 78.6 Å². The lowest BCUT2D eigenvalue weighted by Gasteiger charge is -2.33. The number of nitrogens with two attached hydrogens (primary N) is 1. The van der Waals surface area contributed by atoms with E-state index in [1.807, 2.05) is 25.1 Å². The topological polar surface area (TPSA) is 431 Å². The minimum Gasteiger partial charge on any atom is -0.508 e. The lowest BCUT2D eigenvalue weighted by Crippen LogP contribution is -2.57. The summed E-state index contributed by atoms with van der Waals surface area (Å²) in [4.78, 5) is 66.1. The van der Waals surface area contributed by atoms with Crippen LogP contribution in [0, 0.1) is 54.8 Å². The number of carboxylic acids is 1. The molecular weight excluding hydrogens is 1080 g/mol. The highest BCUT2D eigenvalue weighted by Crippen LogP contribution is 2.52. The normalized spacial score (nSPS) is 24.5. The summed E-state index contributed by atoms with van der Waals surface area (Å²) in [6, 6.07) is 15.0. The van der Waals surface area contributed by atoms with Gasteiger partial charge >= 0.3 is 17.2 Å². The van der Waals surface area contributed by atoms with Gasteiger partial charge in [0.15, 0.2) is 64.0 Å². The van der Waals surface area contributed by atoms with Crippen LogP contribution in [0.4, 0.5) is 0 Å². The molecule has 0 saturated carbocycles. The molecule has 0 aliphatic carbocycles. The van der Waals surface area contributed by atoms with Gasteiger partial charge in [0.1, 0.15) is 53.6 Å². The van der Waals surface area contributed by atoms with Crippen LogP contribution in [0.25, 0.3) is 32.7 Å². The molecule has 0 radical (unpaired) electrons. The molecule has 5 aliphatic rings. The van der Waals surface area contributed by atoms with Gasteiger partial charge in [0.25, 0.3) is 5.91 Å². The molecular formula is C51H44ClN8O18P. The molecule has 6 aromatic rings. The Balaban J connectivity index is 0.000000142. The molecule has 7 heterocycles. The molecule has 0 bridgehead atoms. The van der Waals surface area contributed by atoms with Crippen molar-refractivity contribution >= 4 is 82.4 Å². The van der Waals surface area contributed by atoms with Crippen LogP contribution in [0.3, 0.4) is 0 Å². The average Bonchev–Trinajstić information content (AvgIpc) is 4.15. The highest BCUT2D eigenvalue weighted by atomic mass is 35.5. The first-order valence-corrected chi connectivity index (χ1v) is 25.2. The summed E-state index contributed by atoms with van der Waals surface area (Å²) in [5.74, 6) is -3.62. The summed E-state index contributed by atoms with van der Waals surface area (Å²) in [5, 5.41) is 97.6. The fourth-order valence-electron chi connectivity index (χ4n) is 9.02. The van der Waals surface area contributed by atoms with E-state index in [1.165, 1.54) is 30.3 Å². The standard InChI is InChI=1S/C17H12ClN3O.C15H8O7.C11H16N5O6P.C8H8O4/c1-10-4-5-13(6-15(10)18)17(3)11(2)14(9-21)16(22-17)12(7-19)8-20;1-4-2-5-8-9-6(15(20)21-12(8)10(4)17)3-7(16)11(18)13(9)22-14(5)19;1-23(19)20-2-4-7(22-23)6(17)10(21-4)16-3-13-5-8(16)14-11(12)15-9(5)18;1-4-2-5(9)3-6(7(4)10)8(11)12/h4-6H,1-3H3;2-3,16-18H,1H3;3-8,10,17,19H,1-2H2,(H3,12,14,15,18);2-3,9-10H,1H3,(H,11,12)/t;;4-,5?,6-,7-,8?,10-,23?;/m..1./s1. The Kier molecular flexibility index (Phi) is 14.9. The Labute approximate surface area is 449 Å². The molecule has 11 N–H and O–H groups in total. The van der Waals surface area contributed by atoms with Gasteiger partial charge < -0.3 is 78.6 Å². The van der Waals surface area contributed by atoms with E-state index in [-0.39, 0.29) is 90.9 Å². The zero-order chi connectivity index (χ0) is 57.9. The number of nitriles is 3. The van der Waals surface area contributed by atoms with Gasteiger partial charge in [0, 0.05) is 21.4 Å². The predicted molar refractivity (Wildman–Crippen MR) is 279 cm³/mol. The first-order valence-electron chi connectivity index (χ1n) is 23.0. The van der Waals surface area contributed by atoms with Crippen molar-refractivity contribution in [3.63, 3.8) is 0 Å². The van der Waals surface area contributed by atoms with E-state index in [0.29, 0.717) is 21.7 Å². The number of carboxylic acid groups (broad SMARTS) is 1. The van der Waals surface area contributed by atoms with Crippen molar-refractivity contribution in [2.75, 3.05) is 6.61 Å². The van der Waals surface area contributed by atoms with Gasteiger partial charge in [-0.15, -0.1) is 0 Å². The number of aliphatic imine (C=N–C) groups is 2.